The number of ether oxygens (including phenoxy) is 1. The van der Waals surface area contributed by atoms with Gasteiger partial charge in [0.05, 0.1) is 7.11 Å². The van der Waals surface area contributed by atoms with Crippen molar-refractivity contribution in [2.45, 2.75) is 19.8 Å². The van der Waals surface area contributed by atoms with Crippen LogP contribution in [-0.4, -0.2) is 18.2 Å². The van der Waals surface area contributed by atoms with E-state index in [0.717, 1.165) is 17.7 Å². The maximum atomic E-state index is 10.5. The molecule has 0 saturated carbocycles. The van der Waals surface area contributed by atoms with E-state index >= 15 is 0 Å². The second kappa shape index (κ2) is 5.39. The Balaban J connectivity index is 2.53. The molecule has 1 unspecified atom stereocenters. The highest BCUT2D eigenvalue weighted by Crippen LogP contribution is 2.16. The van der Waals surface area contributed by atoms with Crippen molar-refractivity contribution in [3.8, 4) is 5.75 Å². The van der Waals surface area contributed by atoms with Crippen LogP contribution in [0.15, 0.2) is 24.3 Å². The molecule has 1 aromatic carbocycles. The number of rotatable bonds is 5. The van der Waals surface area contributed by atoms with E-state index in [0.29, 0.717) is 0 Å². The molecule has 0 aliphatic carbocycles. The molecular formula is C12H16O3. The van der Waals surface area contributed by atoms with Gasteiger partial charge < -0.3 is 9.84 Å². The highest BCUT2D eigenvalue weighted by molar-refractivity contribution is 5.67. The van der Waals surface area contributed by atoms with Crippen LogP contribution in [0.1, 0.15) is 18.9 Å². The Labute approximate surface area is 89.7 Å². The quantitative estimate of drug-likeness (QED) is 0.807. The summed E-state index contributed by atoms with van der Waals surface area (Å²) in [5, 5.41) is 8.62. The Morgan fingerprint density at radius 2 is 2.00 bits per heavy atom. The minimum Gasteiger partial charge on any atom is -0.497 e. The van der Waals surface area contributed by atoms with Gasteiger partial charge in [-0.15, -0.1) is 0 Å². The molecule has 82 valence electrons. The van der Waals surface area contributed by atoms with Gasteiger partial charge in [0.15, 0.2) is 0 Å². The van der Waals surface area contributed by atoms with Crippen molar-refractivity contribution in [3.63, 3.8) is 0 Å². The van der Waals surface area contributed by atoms with Crippen molar-refractivity contribution in [1.29, 1.82) is 0 Å². The lowest BCUT2D eigenvalue weighted by Gasteiger charge is -2.08. The molecule has 1 atom stereocenters. The Bertz CT molecular complexity index is 316. The fraction of sp³-hybridized carbons (Fsp3) is 0.417. The van der Waals surface area contributed by atoms with Crippen molar-refractivity contribution < 1.29 is 14.6 Å². The summed E-state index contributed by atoms with van der Waals surface area (Å²) in [6.07, 6.45) is 1.00. The van der Waals surface area contributed by atoms with Crippen LogP contribution in [0.3, 0.4) is 0 Å². The molecule has 1 N–H and O–H groups in total. The van der Waals surface area contributed by atoms with Crippen molar-refractivity contribution in [2.24, 2.45) is 5.92 Å². The molecule has 0 bridgehead atoms. The zero-order chi connectivity index (χ0) is 11.3. The van der Waals surface area contributed by atoms with Gasteiger partial charge in [0.25, 0.3) is 0 Å². The van der Waals surface area contributed by atoms with Crippen LogP contribution < -0.4 is 4.74 Å². The maximum Gasteiger partial charge on any atom is 0.303 e. The second-order valence-electron chi connectivity index (χ2n) is 3.76. The van der Waals surface area contributed by atoms with E-state index in [1.807, 2.05) is 31.2 Å². The molecule has 15 heavy (non-hydrogen) atoms. The normalized spacial score (nSPS) is 12.1. The highest BCUT2D eigenvalue weighted by Gasteiger charge is 2.08. The van der Waals surface area contributed by atoms with Crippen LogP contribution in [0, 0.1) is 5.92 Å². The predicted molar refractivity (Wildman–Crippen MR) is 58.1 cm³/mol. The van der Waals surface area contributed by atoms with Crippen molar-refractivity contribution in [3.05, 3.63) is 29.8 Å². The standard InChI is InChI=1S/C12H16O3/c1-9(8-12(13)14)7-10-3-5-11(15-2)6-4-10/h3-6,9H,7-8H2,1-2H3,(H,13,14). The number of methoxy groups -OCH3 is 1. The summed E-state index contributed by atoms with van der Waals surface area (Å²) < 4.78 is 5.04. The minimum atomic E-state index is -0.740. The molecule has 0 radical (unpaired) electrons. The van der Waals surface area contributed by atoms with Gasteiger partial charge >= 0.3 is 5.97 Å². The van der Waals surface area contributed by atoms with Gasteiger partial charge in [-0.1, -0.05) is 19.1 Å². The maximum absolute atomic E-state index is 10.5. The molecular weight excluding hydrogens is 192 g/mol. The third kappa shape index (κ3) is 4.02. The highest BCUT2D eigenvalue weighted by atomic mass is 16.5. The van der Waals surface area contributed by atoms with Gasteiger partial charge in [-0.2, -0.15) is 0 Å². The smallest absolute Gasteiger partial charge is 0.303 e. The van der Waals surface area contributed by atoms with E-state index in [-0.39, 0.29) is 12.3 Å². The van der Waals surface area contributed by atoms with Crippen molar-refractivity contribution in [2.75, 3.05) is 7.11 Å². The molecule has 0 aliphatic rings. The molecule has 1 aromatic rings. The molecule has 0 spiro atoms. The van der Waals surface area contributed by atoms with E-state index in [1.54, 1.807) is 7.11 Å². The van der Waals surface area contributed by atoms with Gasteiger partial charge in [-0.3, -0.25) is 4.79 Å². The third-order valence-corrected chi connectivity index (χ3v) is 2.27. The summed E-state index contributed by atoms with van der Waals surface area (Å²) in [7, 11) is 1.63. The van der Waals surface area contributed by atoms with Crippen LogP contribution in [-0.2, 0) is 11.2 Å². The van der Waals surface area contributed by atoms with Crippen LogP contribution in [0.2, 0.25) is 0 Å². The summed E-state index contributed by atoms with van der Waals surface area (Å²) in [6.45, 7) is 1.94. The SMILES string of the molecule is COc1ccc(CC(C)CC(=O)O)cc1. The number of aliphatic carboxylic acids is 1. The van der Waals surface area contributed by atoms with Gasteiger partial charge in [0.2, 0.25) is 0 Å². The third-order valence-electron chi connectivity index (χ3n) is 2.27. The van der Waals surface area contributed by atoms with E-state index in [1.165, 1.54) is 0 Å². The van der Waals surface area contributed by atoms with Crippen molar-refractivity contribution >= 4 is 5.97 Å². The molecule has 0 saturated heterocycles. The molecule has 0 heterocycles. The van der Waals surface area contributed by atoms with E-state index in [2.05, 4.69) is 0 Å². The average molecular weight is 208 g/mol. The van der Waals surface area contributed by atoms with Crippen LogP contribution >= 0.6 is 0 Å². The molecule has 0 aliphatic heterocycles. The average Bonchev–Trinajstić information content (AvgIpc) is 2.17. The minimum absolute atomic E-state index is 0.163. The molecule has 0 aromatic heterocycles. The van der Waals surface area contributed by atoms with E-state index in [9.17, 15) is 4.79 Å². The molecule has 0 amide bonds. The zero-order valence-corrected chi connectivity index (χ0v) is 9.06. The van der Waals surface area contributed by atoms with Gasteiger partial charge in [-0.25, -0.2) is 0 Å². The van der Waals surface area contributed by atoms with Gasteiger partial charge in [0, 0.05) is 6.42 Å². The van der Waals surface area contributed by atoms with Crippen molar-refractivity contribution in [1.82, 2.24) is 0 Å². The van der Waals surface area contributed by atoms with Crippen LogP contribution in [0.25, 0.3) is 0 Å². The van der Waals surface area contributed by atoms with Crippen LogP contribution in [0.5, 0.6) is 5.75 Å². The zero-order valence-electron chi connectivity index (χ0n) is 9.06. The first-order valence-corrected chi connectivity index (χ1v) is 4.96. The summed E-state index contributed by atoms with van der Waals surface area (Å²) in [6, 6.07) is 7.72. The summed E-state index contributed by atoms with van der Waals surface area (Å²) in [5.74, 6) is 0.247. The first-order chi connectivity index (χ1) is 7.11. The fourth-order valence-corrected chi connectivity index (χ4v) is 1.53. The lowest BCUT2D eigenvalue weighted by Crippen LogP contribution is -2.06. The lowest BCUT2D eigenvalue weighted by molar-refractivity contribution is -0.137. The Hall–Kier alpha value is -1.51. The fourth-order valence-electron chi connectivity index (χ4n) is 1.53. The first kappa shape index (κ1) is 11.6. The number of carboxylic acids is 1. The summed E-state index contributed by atoms with van der Waals surface area (Å²) >= 11 is 0. The predicted octanol–water partition coefficient (Wildman–Crippen LogP) is 2.35. The number of benzene rings is 1. The van der Waals surface area contributed by atoms with Crippen LogP contribution in [0.4, 0.5) is 0 Å². The van der Waals surface area contributed by atoms with E-state index < -0.39 is 5.97 Å². The molecule has 3 nitrogen and oxygen atoms in total. The Morgan fingerprint density at radius 3 is 2.47 bits per heavy atom. The Morgan fingerprint density at radius 1 is 1.40 bits per heavy atom. The Kier molecular flexibility index (Phi) is 4.16. The molecule has 0 fully saturated rings. The van der Waals surface area contributed by atoms with Gasteiger partial charge in [-0.05, 0) is 30.0 Å². The summed E-state index contributed by atoms with van der Waals surface area (Å²) in [5.41, 5.74) is 1.14. The number of hydrogen-bond donors (Lipinski definition) is 1. The number of carboxylic acid groups (broad SMARTS) is 1. The lowest BCUT2D eigenvalue weighted by atomic mass is 9.98. The molecule has 1 rings (SSSR count). The topological polar surface area (TPSA) is 46.5 Å². The monoisotopic (exact) mass is 208 g/mol. The number of hydrogen-bond acceptors (Lipinski definition) is 2. The largest absolute Gasteiger partial charge is 0.497 e. The second-order valence-corrected chi connectivity index (χ2v) is 3.76. The van der Waals surface area contributed by atoms with E-state index in [4.69, 9.17) is 9.84 Å². The number of carbonyl (C=O) groups is 1. The van der Waals surface area contributed by atoms with Gasteiger partial charge in [0.1, 0.15) is 5.75 Å². The first-order valence-electron chi connectivity index (χ1n) is 4.96. The summed E-state index contributed by atoms with van der Waals surface area (Å²) in [4.78, 5) is 10.5. The molecule has 3 heteroatoms.